The van der Waals surface area contributed by atoms with Crippen molar-refractivity contribution in [3.8, 4) is 0 Å². The van der Waals surface area contributed by atoms with Crippen LogP contribution in [-0.2, 0) is 19.9 Å². The summed E-state index contributed by atoms with van der Waals surface area (Å²) in [5, 5.41) is 39.6. The largest absolute Gasteiger partial charge is 0.480 e. The molecular formula is C16H20N4O9. The molecule has 2 rings (SSSR count). The second-order valence-electron chi connectivity index (χ2n) is 6.20. The molecule has 158 valence electrons. The van der Waals surface area contributed by atoms with Crippen molar-refractivity contribution in [1.29, 1.82) is 0 Å². The summed E-state index contributed by atoms with van der Waals surface area (Å²) in [6, 6.07) is 2.78. The number of nitrogens with zero attached hydrogens (tertiary/aromatic N) is 3. The number of rotatable bonds is 7. The van der Waals surface area contributed by atoms with Crippen molar-refractivity contribution in [1.82, 2.24) is 5.06 Å². The van der Waals surface area contributed by atoms with E-state index in [2.05, 4.69) is 0 Å². The molecule has 1 aliphatic heterocycles. The van der Waals surface area contributed by atoms with Gasteiger partial charge in [0.2, 0.25) is 0 Å². The number of unbranched alkanes of at least 4 members (excludes halogenated alkanes) is 1. The van der Waals surface area contributed by atoms with Crippen LogP contribution in [0, 0.1) is 20.2 Å². The van der Waals surface area contributed by atoms with E-state index in [0.717, 1.165) is 18.2 Å². The van der Waals surface area contributed by atoms with Gasteiger partial charge < -0.3 is 10.8 Å². The van der Waals surface area contributed by atoms with Crippen molar-refractivity contribution in [2.75, 3.05) is 0 Å². The molecule has 0 saturated carbocycles. The molecule has 1 aromatic rings. The lowest BCUT2D eigenvalue weighted by molar-refractivity contribution is -0.394. The molecule has 1 heterocycles. The lowest BCUT2D eigenvalue weighted by atomic mass is 9.84. The Labute approximate surface area is 164 Å². The molecular weight excluding hydrogens is 392 g/mol. The summed E-state index contributed by atoms with van der Waals surface area (Å²) in [4.78, 5) is 52.0. The van der Waals surface area contributed by atoms with Crippen molar-refractivity contribution < 1.29 is 34.5 Å². The standard InChI is InChI=1S/C12H15N3O6.C4H5NO3/c1-2-3-6-12(13,11(16)17)9-5-4-8(14(18)19)7-10(9)15(20)21;6-3-1-2-4(7)5(3)8/h4-5,7H,2-3,6,13H2,1H3,(H,16,17);8H,1-2H2. The number of imide groups is 1. The molecule has 0 aromatic heterocycles. The number of nitro groups is 2. The molecule has 0 bridgehead atoms. The number of non-ortho nitro benzene ring substituents is 1. The van der Waals surface area contributed by atoms with Gasteiger partial charge in [0.15, 0.2) is 0 Å². The van der Waals surface area contributed by atoms with Crippen molar-refractivity contribution in [2.24, 2.45) is 5.73 Å². The quantitative estimate of drug-likeness (QED) is 0.254. The molecule has 29 heavy (non-hydrogen) atoms. The minimum atomic E-state index is -1.95. The Bertz CT molecular complexity index is 826. The van der Waals surface area contributed by atoms with Gasteiger partial charge in [0.1, 0.15) is 5.54 Å². The third-order valence-electron chi connectivity index (χ3n) is 4.20. The zero-order valence-corrected chi connectivity index (χ0v) is 15.4. The molecule has 0 spiro atoms. The first-order chi connectivity index (χ1) is 13.5. The number of amides is 2. The summed E-state index contributed by atoms with van der Waals surface area (Å²) < 4.78 is 0. The predicted molar refractivity (Wildman–Crippen MR) is 95.7 cm³/mol. The highest BCUT2D eigenvalue weighted by Crippen LogP contribution is 2.34. The van der Waals surface area contributed by atoms with E-state index in [9.17, 15) is 39.7 Å². The molecule has 13 heteroatoms. The summed E-state index contributed by atoms with van der Waals surface area (Å²) in [6.45, 7) is 1.83. The minimum absolute atomic E-state index is 0.00250. The lowest BCUT2D eigenvalue weighted by Gasteiger charge is -2.24. The maximum absolute atomic E-state index is 11.4. The zero-order chi connectivity index (χ0) is 22.4. The zero-order valence-electron chi connectivity index (χ0n) is 15.4. The Morgan fingerprint density at radius 1 is 1.21 bits per heavy atom. The van der Waals surface area contributed by atoms with E-state index in [0.29, 0.717) is 12.8 Å². The maximum atomic E-state index is 11.4. The lowest BCUT2D eigenvalue weighted by Crippen LogP contribution is -2.45. The number of carbonyl (C=O) groups excluding carboxylic acids is 2. The van der Waals surface area contributed by atoms with Crippen LogP contribution in [0.1, 0.15) is 44.6 Å². The van der Waals surface area contributed by atoms with E-state index in [4.69, 9.17) is 10.9 Å². The van der Waals surface area contributed by atoms with Crippen LogP contribution in [0.4, 0.5) is 11.4 Å². The van der Waals surface area contributed by atoms with E-state index < -0.39 is 44.5 Å². The van der Waals surface area contributed by atoms with Gasteiger partial charge in [-0.3, -0.25) is 35.0 Å². The third-order valence-corrected chi connectivity index (χ3v) is 4.20. The minimum Gasteiger partial charge on any atom is -0.480 e. The van der Waals surface area contributed by atoms with E-state index >= 15 is 0 Å². The molecule has 1 unspecified atom stereocenters. The van der Waals surface area contributed by atoms with Crippen molar-refractivity contribution >= 4 is 29.2 Å². The van der Waals surface area contributed by atoms with Crippen LogP contribution < -0.4 is 5.73 Å². The number of hydrogen-bond donors (Lipinski definition) is 3. The first-order valence-electron chi connectivity index (χ1n) is 8.46. The van der Waals surface area contributed by atoms with Crippen LogP contribution in [0.25, 0.3) is 0 Å². The molecule has 1 aromatic carbocycles. The van der Waals surface area contributed by atoms with Gasteiger partial charge in [-0.15, -0.1) is 0 Å². The molecule has 1 atom stereocenters. The molecule has 13 nitrogen and oxygen atoms in total. The Morgan fingerprint density at radius 2 is 1.76 bits per heavy atom. The molecule has 1 saturated heterocycles. The second kappa shape index (κ2) is 9.66. The number of benzene rings is 1. The van der Waals surface area contributed by atoms with Gasteiger partial charge in [-0.1, -0.05) is 19.8 Å². The number of carbonyl (C=O) groups is 3. The second-order valence-corrected chi connectivity index (χ2v) is 6.20. The number of aliphatic carboxylic acids is 1. The van der Waals surface area contributed by atoms with E-state index in [-0.39, 0.29) is 29.9 Å². The molecule has 4 N–H and O–H groups in total. The van der Waals surface area contributed by atoms with Crippen LogP contribution in [0.3, 0.4) is 0 Å². The first kappa shape index (κ1) is 23.6. The Kier molecular flexibility index (Phi) is 7.85. The number of carboxylic acid groups (broad SMARTS) is 1. The van der Waals surface area contributed by atoms with Gasteiger partial charge in [-0.25, -0.2) is 4.79 Å². The van der Waals surface area contributed by atoms with Crippen LogP contribution in [0.5, 0.6) is 0 Å². The number of hydrogen-bond acceptors (Lipinski definition) is 9. The number of carboxylic acids is 1. The summed E-state index contributed by atoms with van der Waals surface area (Å²) >= 11 is 0. The van der Waals surface area contributed by atoms with Crippen LogP contribution >= 0.6 is 0 Å². The highest BCUT2D eigenvalue weighted by molar-refractivity contribution is 6.00. The average Bonchev–Trinajstić information content (AvgIpc) is 2.96. The molecule has 1 fully saturated rings. The summed E-state index contributed by atoms with van der Waals surface area (Å²) in [6.07, 6.45) is 1.41. The van der Waals surface area contributed by atoms with Crippen molar-refractivity contribution in [3.05, 3.63) is 44.0 Å². The van der Waals surface area contributed by atoms with Gasteiger partial charge in [-0.2, -0.15) is 5.06 Å². The average molecular weight is 412 g/mol. The van der Waals surface area contributed by atoms with Crippen LogP contribution in [0.2, 0.25) is 0 Å². The molecule has 2 amide bonds. The van der Waals surface area contributed by atoms with E-state index in [1.54, 1.807) is 0 Å². The van der Waals surface area contributed by atoms with Crippen molar-refractivity contribution in [2.45, 2.75) is 44.6 Å². The van der Waals surface area contributed by atoms with Crippen LogP contribution in [-0.4, -0.2) is 43.0 Å². The van der Waals surface area contributed by atoms with Gasteiger partial charge >= 0.3 is 5.97 Å². The molecule has 0 radical (unpaired) electrons. The van der Waals surface area contributed by atoms with E-state index in [1.807, 2.05) is 6.92 Å². The summed E-state index contributed by atoms with van der Waals surface area (Å²) in [5.41, 5.74) is 2.50. The number of nitrogens with two attached hydrogens (primary N) is 1. The Balaban J connectivity index is 0.000000436. The topological polar surface area (TPSA) is 207 Å². The summed E-state index contributed by atoms with van der Waals surface area (Å²) in [7, 11) is 0. The van der Waals surface area contributed by atoms with Gasteiger partial charge in [0, 0.05) is 18.9 Å². The number of hydroxylamine groups is 2. The van der Waals surface area contributed by atoms with Crippen LogP contribution in [0.15, 0.2) is 18.2 Å². The molecule has 1 aliphatic rings. The van der Waals surface area contributed by atoms with Crippen molar-refractivity contribution in [3.63, 3.8) is 0 Å². The Hall–Kier alpha value is -3.45. The highest BCUT2D eigenvalue weighted by atomic mass is 16.6. The van der Waals surface area contributed by atoms with E-state index in [1.165, 1.54) is 0 Å². The fourth-order valence-corrected chi connectivity index (χ4v) is 2.54. The first-order valence-corrected chi connectivity index (χ1v) is 8.46. The monoisotopic (exact) mass is 412 g/mol. The fraction of sp³-hybridized carbons (Fsp3) is 0.438. The predicted octanol–water partition coefficient (Wildman–Crippen LogP) is 1.46. The molecule has 0 aliphatic carbocycles. The fourth-order valence-electron chi connectivity index (χ4n) is 2.54. The normalized spacial score (nSPS) is 15.3. The van der Waals surface area contributed by atoms with Gasteiger partial charge in [0.05, 0.1) is 21.5 Å². The Morgan fingerprint density at radius 3 is 2.10 bits per heavy atom. The SMILES string of the molecule is CCCCC(N)(C(=O)O)c1ccc([N+](=O)[O-])cc1[N+](=O)[O-].O=C1CCC(=O)N1O. The maximum Gasteiger partial charge on any atom is 0.328 e. The van der Waals surface area contributed by atoms with Gasteiger partial charge in [-0.05, 0) is 12.5 Å². The number of nitro benzene ring substituents is 2. The third kappa shape index (κ3) is 5.52. The summed E-state index contributed by atoms with van der Waals surface area (Å²) in [5.74, 6) is -2.42. The van der Waals surface area contributed by atoms with Gasteiger partial charge in [0.25, 0.3) is 23.2 Å². The highest BCUT2D eigenvalue weighted by Gasteiger charge is 2.41. The smallest absolute Gasteiger partial charge is 0.328 e.